The monoisotopic (exact) mass is 511 g/mol. The van der Waals surface area contributed by atoms with Gasteiger partial charge in [-0.05, 0) is 53.3 Å². The summed E-state index contributed by atoms with van der Waals surface area (Å²) in [6.07, 6.45) is 0. The first kappa shape index (κ1) is 28.1. The Labute approximate surface area is 218 Å². The summed E-state index contributed by atoms with van der Waals surface area (Å²) in [5.74, 6) is 0.435. The lowest BCUT2D eigenvalue weighted by Gasteiger charge is -2.26. The van der Waals surface area contributed by atoms with E-state index in [9.17, 15) is 14.7 Å². The van der Waals surface area contributed by atoms with E-state index in [0.717, 1.165) is 5.56 Å². The molecule has 1 aliphatic rings. The van der Waals surface area contributed by atoms with E-state index in [1.165, 1.54) is 12.0 Å². The summed E-state index contributed by atoms with van der Waals surface area (Å²) in [5, 5.41) is 11.5. The summed E-state index contributed by atoms with van der Waals surface area (Å²) in [6.45, 7) is 8.98. The minimum absolute atomic E-state index is 0.0148. The lowest BCUT2D eigenvalue weighted by molar-refractivity contribution is -0.140. The molecule has 0 radical (unpaired) electrons. The van der Waals surface area contributed by atoms with Crippen molar-refractivity contribution in [2.24, 2.45) is 5.92 Å². The molecule has 1 atom stereocenters. The van der Waals surface area contributed by atoms with Gasteiger partial charge in [0.1, 0.15) is 11.5 Å². The average Bonchev–Trinajstić information content (AvgIpc) is 3.14. The second-order valence-corrected chi connectivity index (χ2v) is 9.71. The largest absolute Gasteiger partial charge is 0.507 e. The number of methoxy groups -OCH3 is 3. The predicted molar refractivity (Wildman–Crippen MR) is 141 cm³/mol. The summed E-state index contributed by atoms with van der Waals surface area (Å²) in [5.41, 5.74) is 1.95. The Morgan fingerprint density at radius 2 is 1.62 bits per heavy atom. The van der Waals surface area contributed by atoms with Crippen molar-refractivity contribution in [1.29, 1.82) is 0 Å². The van der Waals surface area contributed by atoms with Crippen LogP contribution >= 0.6 is 0 Å². The Bertz CT molecular complexity index is 1170. The van der Waals surface area contributed by atoms with Crippen LogP contribution in [0.4, 0.5) is 0 Å². The lowest BCUT2D eigenvalue weighted by Crippen LogP contribution is -2.32. The summed E-state index contributed by atoms with van der Waals surface area (Å²) in [7, 11) is 4.67. The van der Waals surface area contributed by atoms with Crippen molar-refractivity contribution in [2.75, 3.05) is 41.1 Å². The Hall–Kier alpha value is -3.52. The zero-order chi connectivity index (χ0) is 27.3. The Morgan fingerprint density at radius 3 is 2.22 bits per heavy atom. The number of aliphatic hydroxyl groups excluding tert-OH is 1. The fourth-order valence-electron chi connectivity index (χ4n) is 4.37. The number of amides is 1. The van der Waals surface area contributed by atoms with E-state index in [1.807, 2.05) is 27.7 Å². The fraction of sp³-hybridized carbons (Fsp3) is 0.448. The molecule has 0 saturated carbocycles. The van der Waals surface area contributed by atoms with Crippen molar-refractivity contribution in [3.05, 3.63) is 58.7 Å². The molecule has 3 rings (SSSR count). The first-order valence-electron chi connectivity index (χ1n) is 12.4. The van der Waals surface area contributed by atoms with Gasteiger partial charge in [-0.25, -0.2) is 0 Å². The molecule has 1 heterocycles. The second kappa shape index (κ2) is 12.1. The van der Waals surface area contributed by atoms with Gasteiger partial charge >= 0.3 is 0 Å². The lowest BCUT2D eigenvalue weighted by atomic mass is 9.93. The molecule has 1 amide bonds. The number of hydrogen-bond acceptors (Lipinski definition) is 7. The summed E-state index contributed by atoms with van der Waals surface area (Å²) >= 11 is 0. The van der Waals surface area contributed by atoms with E-state index >= 15 is 0 Å². The van der Waals surface area contributed by atoms with Gasteiger partial charge in [-0.15, -0.1) is 0 Å². The molecule has 0 bridgehead atoms. The maximum Gasteiger partial charge on any atom is 0.295 e. The van der Waals surface area contributed by atoms with Crippen molar-refractivity contribution in [1.82, 2.24) is 4.90 Å². The minimum atomic E-state index is -0.827. The predicted octanol–water partition coefficient (Wildman–Crippen LogP) is 4.93. The molecule has 1 fully saturated rings. The molecule has 37 heavy (non-hydrogen) atoms. The molecule has 0 spiro atoms. The van der Waals surface area contributed by atoms with Gasteiger partial charge in [-0.2, -0.15) is 0 Å². The van der Waals surface area contributed by atoms with Crippen LogP contribution in [0.25, 0.3) is 5.76 Å². The third kappa shape index (κ3) is 5.91. The number of likely N-dealkylation sites (tertiary alicyclic amines) is 1. The van der Waals surface area contributed by atoms with Gasteiger partial charge in [-0.1, -0.05) is 33.8 Å². The van der Waals surface area contributed by atoms with E-state index in [1.54, 1.807) is 50.6 Å². The molecule has 2 aromatic rings. The van der Waals surface area contributed by atoms with Crippen LogP contribution in [-0.4, -0.2) is 62.8 Å². The van der Waals surface area contributed by atoms with Gasteiger partial charge in [0.25, 0.3) is 11.7 Å². The number of rotatable bonds is 11. The number of hydrogen-bond donors (Lipinski definition) is 1. The van der Waals surface area contributed by atoms with Crippen molar-refractivity contribution in [3.63, 3.8) is 0 Å². The molecule has 2 aromatic carbocycles. The standard InChI is InChI=1S/C29H37NO7/c1-17(2)16-37-24-15-19(8-11-23(24)36-7)26-25(28(32)29(33)30(26)12-13-34-5)27(31)20-9-10-22(35-6)21(14-20)18(3)4/h8-11,14-15,17-18,26,31H,12-13,16H2,1-7H3/b27-25+. The zero-order valence-electron chi connectivity index (χ0n) is 22.7. The third-order valence-corrected chi connectivity index (χ3v) is 6.28. The quantitative estimate of drug-likeness (QED) is 0.260. The first-order chi connectivity index (χ1) is 17.6. The second-order valence-electron chi connectivity index (χ2n) is 9.71. The molecule has 8 heteroatoms. The molecular formula is C29H37NO7. The number of carbonyl (C=O) groups excluding carboxylic acids is 2. The zero-order valence-corrected chi connectivity index (χ0v) is 22.7. The van der Waals surface area contributed by atoms with Gasteiger partial charge in [0.2, 0.25) is 0 Å². The Morgan fingerprint density at radius 1 is 0.946 bits per heavy atom. The summed E-state index contributed by atoms with van der Waals surface area (Å²) < 4.78 is 22.1. The molecule has 1 N–H and O–H groups in total. The fourth-order valence-corrected chi connectivity index (χ4v) is 4.37. The van der Waals surface area contributed by atoms with Crippen molar-refractivity contribution >= 4 is 17.4 Å². The highest BCUT2D eigenvalue weighted by atomic mass is 16.5. The molecule has 0 aromatic heterocycles. The van der Waals surface area contributed by atoms with Crippen LogP contribution in [0.1, 0.15) is 56.3 Å². The number of Topliss-reactive ketones (excluding diaryl/α,β-unsaturated/α-hetero) is 1. The summed E-state index contributed by atoms with van der Waals surface area (Å²) in [4.78, 5) is 27.9. The first-order valence-corrected chi connectivity index (χ1v) is 12.4. The molecule has 200 valence electrons. The van der Waals surface area contributed by atoms with Crippen molar-refractivity contribution < 1.29 is 33.6 Å². The molecular weight excluding hydrogens is 474 g/mol. The average molecular weight is 512 g/mol. The van der Waals surface area contributed by atoms with Gasteiger partial charge in [0, 0.05) is 19.2 Å². The number of ether oxygens (including phenoxy) is 4. The van der Waals surface area contributed by atoms with E-state index in [4.69, 9.17) is 18.9 Å². The maximum atomic E-state index is 13.3. The van der Waals surface area contributed by atoms with Crippen LogP contribution in [-0.2, 0) is 14.3 Å². The molecule has 8 nitrogen and oxygen atoms in total. The minimum Gasteiger partial charge on any atom is -0.507 e. The van der Waals surface area contributed by atoms with Gasteiger partial charge in [0.15, 0.2) is 11.5 Å². The number of benzene rings is 2. The van der Waals surface area contributed by atoms with Crippen LogP contribution in [0.3, 0.4) is 0 Å². The highest BCUT2D eigenvalue weighted by Crippen LogP contribution is 2.42. The van der Waals surface area contributed by atoms with E-state index < -0.39 is 17.7 Å². The van der Waals surface area contributed by atoms with Gasteiger partial charge in [0.05, 0.1) is 39.0 Å². The number of carbonyl (C=O) groups is 2. The SMILES string of the molecule is COCCN1C(=O)C(=O)/C(=C(/O)c2ccc(OC)c(C(C)C)c2)C1c1ccc(OC)c(OCC(C)C)c1. The smallest absolute Gasteiger partial charge is 0.295 e. The normalized spacial score (nSPS) is 17.1. The van der Waals surface area contributed by atoms with Crippen molar-refractivity contribution in [2.45, 2.75) is 39.7 Å². The van der Waals surface area contributed by atoms with Crippen LogP contribution in [0.15, 0.2) is 42.0 Å². The van der Waals surface area contributed by atoms with E-state index in [2.05, 4.69) is 0 Å². The molecule has 1 aliphatic heterocycles. The molecule has 0 aliphatic carbocycles. The Balaban J connectivity index is 2.20. The topological polar surface area (TPSA) is 94.5 Å². The number of nitrogens with zero attached hydrogens (tertiary/aromatic N) is 1. The third-order valence-electron chi connectivity index (χ3n) is 6.28. The van der Waals surface area contributed by atoms with Crippen molar-refractivity contribution in [3.8, 4) is 17.2 Å². The van der Waals surface area contributed by atoms with Crippen LogP contribution < -0.4 is 14.2 Å². The van der Waals surface area contributed by atoms with E-state index in [-0.39, 0.29) is 36.3 Å². The van der Waals surface area contributed by atoms with Gasteiger partial charge < -0.3 is 29.0 Å². The maximum absolute atomic E-state index is 13.3. The van der Waals surface area contributed by atoms with Crippen LogP contribution in [0.5, 0.6) is 17.2 Å². The Kier molecular flexibility index (Phi) is 9.21. The molecule has 1 saturated heterocycles. The summed E-state index contributed by atoms with van der Waals surface area (Å²) in [6, 6.07) is 9.69. The van der Waals surface area contributed by atoms with Gasteiger partial charge in [-0.3, -0.25) is 9.59 Å². The van der Waals surface area contributed by atoms with Crippen LogP contribution in [0.2, 0.25) is 0 Å². The molecule has 1 unspecified atom stereocenters. The highest BCUT2D eigenvalue weighted by Gasteiger charge is 2.46. The number of ketones is 1. The number of aliphatic hydroxyl groups is 1. The van der Waals surface area contributed by atoms with E-state index in [0.29, 0.717) is 35.0 Å². The highest BCUT2D eigenvalue weighted by molar-refractivity contribution is 6.46. The van der Waals surface area contributed by atoms with Crippen LogP contribution in [0, 0.1) is 5.92 Å².